The van der Waals surface area contributed by atoms with Crippen molar-refractivity contribution in [3.63, 3.8) is 0 Å². The molecule has 0 saturated heterocycles. The SMILES string of the molecule is COC(=O)c1ccc(C2C(C(=O)OCc3ccccc3)=C(C)N=c3sc(=Cc4ccc(-c5cccc(Cl)c5)o4)c(=O)n32)cc1. The lowest BCUT2D eigenvalue weighted by Crippen LogP contribution is -2.39. The summed E-state index contributed by atoms with van der Waals surface area (Å²) in [4.78, 5) is 44.7. The number of benzene rings is 3. The highest BCUT2D eigenvalue weighted by atomic mass is 35.5. The Morgan fingerprint density at radius 3 is 2.50 bits per heavy atom. The van der Waals surface area contributed by atoms with Gasteiger partial charge in [0.1, 0.15) is 18.1 Å². The lowest BCUT2D eigenvalue weighted by Gasteiger charge is -2.25. The van der Waals surface area contributed by atoms with Gasteiger partial charge in [0.05, 0.1) is 34.5 Å². The van der Waals surface area contributed by atoms with E-state index in [1.165, 1.54) is 23.0 Å². The number of methoxy groups -OCH3 is 1. The summed E-state index contributed by atoms with van der Waals surface area (Å²) >= 11 is 7.33. The van der Waals surface area contributed by atoms with E-state index in [9.17, 15) is 14.4 Å². The maximum Gasteiger partial charge on any atom is 0.338 e. The van der Waals surface area contributed by atoms with Gasteiger partial charge in [-0.3, -0.25) is 9.36 Å². The summed E-state index contributed by atoms with van der Waals surface area (Å²) in [5, 5.41) is 0.585. The van der Waals surface area contributed by atoms with Crippen molar-refractivity contribution in [3.05, 3.63) is 149 Å². The Bertz CT molecular complexity index is 2090. The van der Waals surface area contributed by atoms with Crippen molar-refractivity contribution in [3.8, 4) is 11.3 Å². The predicted molar refractivity (Wildman–Crippen MR) is 167 cm³/mol. The van der Waals surface area contributed by atoms with Crippen LogP contribution in [0.25, 0.3) is 17.4 Å². The average Bonchev–Trinajstić information content (AvgIpc) is 3.63. The summed E-state index contributed by atoms with van der Waals surface area (Å²) in [6, 6.07) is 25.9. The standard InChI is InChI=1S/C34H25ClN2O6S/c1-20-29(33(40)42-19-21-7-4-3-5-8-21)30(22-11-13-23(14-12-22)32(39)41-2)37-31(38)28(44-34(37)36-20)18-26-15-16-27(43-26)24-9-6-10-25(35)17-24/h3-18,30H,19H2,1-2H3. The number of ether oxygens (including phenoxy) is 2. The number of hydrogen-bond acceptors (Lipinski definition) is 8. The van der Waals surface area contributed by atoms with Crippen LogP contribution in [0.5, 0.6) is 0 Å². The molecule has 1 atom stereocenters. The summed E-state index contributed by atoms with van der Waals surface area (Å²) in [6.45, 7) is 1.78. The number of fused-ring (bicyclic) bond motifs is 1. The van der Waals surface area contributed by atoms with Gasteiger partial charge in [0.25, 0.3) is 5.56 Å². The van der Waals surface area contributed by atoms with Crippen LogP contribution in [-0.2, 0) is 20.9 Å². The molecule has 0 radical (unpaired) electrons. The number of thiazole rings is 1. The van der Waals surface area contributed by atoms with Gasteiger partial charge in [-0.05, 0) is 54.4 Å². The van der Waals surface area contributed by atoms with Crippen molar-refractivity contribution < 1.29 is 23.5 Å². The average molecular weight is 625 g/mol. The van der Waals surface area contributed by atoms with Gasteiger partial charge in [-0.25, -0.2) is 14.6 Å². The lowest BCUT2D eigenvalue weighted by molar-refractivity contribution is -0.140. The number of halogens is 1. The molecule has 3 heterocycles. The summed E-state index contributed by atoms with van der Waals surface area (Å²) in [6.07, 6.45) is 1.65. The second kappa shape index (κ2) is 12.3. The van der Waals surface area contributed by atoms with Gasteiger partial charge in [-0.2, -0.15) is 0 Å². The minimum Gasteiger partial charge on any atom is -0.465 e. The fraction of sp³-hybridized carbons (Fsp3) is 0.118. The Morgan fingerprint density at radius 1 is 1.00 bits per heavy atom. The minimum atomic E-state index is -0.845. The molecule has 2 aromatic heterocycles. The van der Waals surface area contributed by atoms with Crippen molar-refractivity contribution in [2.45, 2.75) is 19.6 Å². The summed E-state index contributed by atoms with van der Waals surface area (Å²) in [5.41, 5.74) is 2.89. The third-order valence-electron chi connectivity index (χ3n) is 7.11. The molecule has 0 N–H and O–H groups in total. The Labute approximate surface area is 260 Å². The largest absolute Gasteiger partial charge is 0.465 e. The summed E-state index contributed by atoms with van der Waals surface area (Å²) in [5.74, 6) is -0.00859. The molecule has 1 aliphatic rings. The van der Waals surface area contributed by atoms with Crippen molar-refractivity contribution >= 4 is 41.0 Å². The molecule has 3 aromatic carbocycles. The number of carbonyl (C=O) groups is 2. The minimum absolute atomic E-state index is 0.0579. The van der Waals surface area contributed by atoms with Gasteiger partial charge in [0, 0.05) is 16.7 Å². The van der Waals surface area contributed by atoms with Crippen molar-refractivity contribution in [1.29, 1.82) is 0 Å². The molecule has 1 aliphatic heterocycles. The number of nitrogens with zero attached hydrogens (tertiary/aromatic N) is 2. The Morgan fingerprint density at radius 2 is 1.77 bits per heavy atom. The molecular weight excluding hydrogens is 600 g/mol. The van der Waals surface area contributed by atoms with Crippen LogP contribution in [0, 0.1) is 0 Å². The number of rotatable bonds is 7. The maximum absolute atomic E-state index is 14.0. The topological polar surface area (TPSA) is 100 Å². The smallest absolute Gasteiger partial charge is 0.338 e. The van der Waals surface area contributed by atoms with E-state index in [4.69, 9.17) is 25.5 Å². The molecule has 0 aliphatic carbocycles. The Hall–Kier alpha value is -4.99. The summed E-state index contributed by atoms with van der Waals surface area (Å²) in [7, 11) is 1.30. The number of furan rings is 1. The second-order valence-corrected chi connectivity index (χ2v) is 11.4. The van der Waals surface area contributed by atoms with E-state index in [1.54, 1.807) is 55.5 Å². The summed E-state index contributed by atoms with van der Waals surface area (Å²) < 4.78 is 18.4. The fourth-order valence-electron chi connectivity index (χ4n) is 4.97. The highest BCUT2D eigenvalue weighted by Gasteiger charge is 2.33. The van der Waals surface area contributed by atoms with Crippen LogP contribution in [0.1, 0.15) is 40.2 Å². The zero-order chi connectivity index (χ0) is 30.8. The van der Waals surface area contributed by atoms with Crippen LogP contribution in [0.15, 0.2) is 116 Å². The van der Waals surface area contributed by atoms with Crippen molar-refractivity contribution in [2.75, 3.05) is 7.11 Å². The number of aromatic nitrogens is 1. The molecule has 0 fully saturated rings. The first-order valence-electron chi connectivity index (χ1n) is 13.6. The zero-order valence-electron chi connectivity index (χ0n) is 23.7. The van der Waals surface area contributed by atoms with Crippen LogP contribution in [0.2, 0.25) is 5.02 Å². The Kier molecular flexibility index (Phi) is 8.15. The molecule has 5 aromatic rings. The highest BCUT2D eigenvalue weighted by molar-refractivity contribution is 7.07. The Balaban J connectivity index is 1.42. The van der Waals surface area contributed by atoms with Crippen LogP contribution < -0.4 is 14.9 Å². The van der Waals surface area contributed by atoms with Crippen molar-refractivity contribution in [1.82, 2.24) is 4.57 Å². The predicted octanol–water partition coefficient (Wildman–Crippen LogP) is 5.68. The number of hydrogen-bond donors (Lipinski definition) is 0. The molecule has 1 unspecified atom stereocenters. The molecule has 44 heavy (non-hydrogen) atoms. The molecule has 0 spiro atoms. The van der Waals surface area contributed by atoms with E-state index in [-0.39, 0.29) is 17.7 Å². The molecule has 6 rings (SSSR count). The molecule has 220 valence electrons. The van der Waals surface area contributed by atoms with Crippen LogP contribution in [0.3, 0.4) is 0 Å². The first-order chi connectivity index (χ1) is 21.3. The molecule has 10 heteroatoms. The third-order valence-corrected chi connectivity index (χ3v) is 8.33. The van der Waals surface area contributed by atoms with E-state index < -0.39 is 18.0 Å². The second-order valence-electron chi connectivity index (χ2n) is 9.97. The van der Waals surface area contributed by atoms with Gasteiger partial charge in [-0.1, -0.05) is 77.5 Å². The number of esters is 2. The first kappa shape index (κ1) is 29.1. The van der Waals surface area contributed by atoms with E-state index in [2.05, 4.69) is 4.99 Å². The van der Waals surface area contributed by atoms with Crippen molar-refractivity contribution in [2.24, 2.45) is 4.99 Å². The van der Waals surface area contributed by atoms with Gasteiger partial charge < -0.3 is 13.9 Å². The fourth-order valence-corrected chi connectivity index (χ4v) is 6.19. The van der Waals surface area contributed by atoms with Crippen LogP contribution in [0.4, 0.5) is 0 Å². The van der Waals surface area contributed by atoms with Gasteiger partial charge in [0.15, 0.2) is 4.80 Å². The van der Waals surface area contributed by atoms with E-state index in [1.807, 2.05) is 48.5 Å². The van der Waals surface area contributed by atoms with Crippen LogP contribution >= 0.6 is 22.9 Å². The van der Waals surface area contributed by atoms with E-state index in [0.717, 1.165) is 11.1 Å². The molecule has 8 nitrogen and oxygen atoms in total. The molecule has 0 bridgehead atoms. The quantitative estimate of drug-likeness (QED) is 0.216. The number of carbonyl (C=O) groups excluding carboxylic acids is 2. The first-order valence-corrected chi connectivity index (χ1v) is 14.8. The zero-order valence-corrected chi connectivity index (χ0v) is 25.2. The maximum atomic E-state index is 14.0. The van der Waals surface area contributed by atoms with Gasteiger partial charge in [-0.15, -0.1) is 0 Å². The third kappa shape index (κ3) is 5.79. The molecule has 0 saturated carbocycles. The van der Waals surface area contributed by atoms with E-state index in [0.29, 0.717) is 42.7 Å². The van der Waals surface area contributed by atoms with E-state index >= 15 is 0 Å². The molecular formula is C34H25ClN2O6S. The van der Waals surface area contributed by atoms with Gasteiger partial charge >= 0.3 is 11.9 Å². The lowest BCUT2D eigenvalue weighted by atomic mass is 9.95. The monoisotopic (exact) mass is 624 g/mol. The van der Waals surface area contributed by atoms with Gasteiger partial charge in [0.2, 0.25) is 0 Å². The molecule has 0 amide bonds. The van der Waals surface area contributed by atoms with Crippen LogP contribution in [-0.4, -0.2) is 23.6 Å². The normalized spacial score (nSPS) is 14.6. The highest BCUT2D eigenvalue weighted by Crippen LogP contribution is 2.31. The number of allylic oxidation sites excluding steroid dienone is 1.